The summed E-state index contributed by atoms with van der Waals surface area (Å²) in [7, 11) is 0. The van der Waals surface area contributed by atoms with Crippen LogP contribution in [0.2, 0.25) is 0 Å². The van der Waals surface area contributed by atoms with E-state index in [1.807, 2.05) is 0 Å². The largest absolute Gasteiger partial charge is 0.245 e. The van der Waals surface area contributed by atoms with E-state index in [2.05, 4.69) is 4.98 Å². The topological polar surface area (TPSA) is 12.9 Å². The van der Waals surface area contributed by atoms with Crippen molar-refractivity contribution in [3.8, 4) is 11.3 Å². The lowest BCUT2D eigenvalue weighted by molar-refractivity contribution is 0.603. The number of nitrogens with zero attached hydrogens (tertiary/aromatic N) is 1. The van der Waals surface area contributed by atoms with Crippen LogP contribution in [-0.2, 0) is 0 Å². The molecule has 2 rings (SSSR count). The molecule has 0 saturated heterocycles. The number of thiazole rings is 1. The molecule has 0 unspecified atom stereocenters. The van der Waals surface area contributed by atoms with Gasteiger partial charge in [0.2, 0.25) is 0 Å². The van der Waals surface area contributed by atoms with E-state index in [1.54, 1.807) is 10.9 Å². The van der Waals surface area contributed by atoms with Gasteiger partial charge in [-0.3, -0.25) is 0 Å². The summed E-state index contributed by atoms with van der Waals surface area (Å²) in [6, 6.07) is 3.33. The third-order valence-electron chi connectivity index (χ3n) is 1.64. The normalized spacial score (nSPS) is 10.3. The molecule has 1 nitrogen and oxygen atoms in total. The zero-order valence-electron chi connectivity index (χ0n) is 6.50. The first-order valence-electron chi connectivity index (χ1n) is 3.61. The second-order valence-corrected chi connectivity index (χ2v) is 3.22. The van der Waals surface area contributed by atoms with Gasteiger partial charge in [-0.25, -0.2) is 13.8 Å². The Morgan fingerprint density at radius 2 is 2.08 bits per heavy atom. The summed E-state index contributed by atoms with van der Waals surface area (Å²) in [4.78, 5) is 3.90. The van der Waals surface area contributed by atoms with Gasteiger partial charge < -0.3 is 0 Å². The SMILES string of the molecule is Fc1ccc(F)c(-c2cscn2)c1. The van der Waals surface area contributed by atoms with E-state index in [9.17, 15) is 8.78 Å². The molecule has 13 heavy (non-hydrogen) atoms. The molecule has 0 bridgehead atoms. The Labute approximate surface area is 77.7 Å². The lowest BCUT2D eigenvalue weighted by Gasteiger charge is -1.98. The summed E-state index contributed by atoms with van der Waals surface area (Å²) in [5, 5.41) is 1.68. The van der Waals surface area contributed by atoms with Crippen molar-refractivity contribution in [2.45, 2.75) is 0 Å². The van der Waals surface area contributed by atoms with E-state index in [0.717, 1.165) is 18.2 Å². The van der Waals surface area contributed by atoms with Crippen LogP contribution >= 0.6 is 11.3 Å². The third kappa shape index (κ3) is 1.58. The van der Waals surface area contributed by atoms with Crippen molar-refractivity contribution in [2.24, 2.45) is 0 Å². The number of benzene rings is 1. The second-order valence-electron chi connectivity index (χ2n) is 2.50. The highest BCUT2D eigenvalue weighted by atomic mass is 32.1. The second kappa shape index (κ2) is 3.22. The fraction of sp³-hybridized carbons (Fsp3) is 0. The minimum absolute atomic E-state index is 0.209. The van der Waals surface area contributed by atoms with Crippen LogP contribution in [0.5, 0.6) is 0 Å². The minimum atomic E-state index is -0.454. The van der Waals surface area contributed by atoms with Gasteiger partial charge in [0, 0.05) is 10.9 Å². The Morgan fingerprint density at radius 1 is 1.23 bits per heavy atom. The smallest absolute Gasteiger partial charge is 0.132 e. The van der Waals surface area contributed by atoms with Crippen LogP contribution in [0.1, 0.15) is 0 Å². The van der Waals surface area contributed by atoms with Crippen molar-refractivity contribution in [3.05, 3.63) is 40.7 Å². The van der Waals surface area contributed by atoms with Crippen LogP contribution < -0.4 is 0 Å². The van der Waals surface area contributed by atoms with E-state index in [0.29, 0.717) is 5.69 Å². The van der Waals surface area contributed by atoms with Crippen LogP contribution in [0.3, 0.4) is 0 Å². The molecule has 0 N–H and O–H groups in total. The highest BCUT2D eigenvalue weighted by Gasteiger charge is 2.07. The van der Waals surface area contributed by atoms with Crippen LogP contribution in [0.15, 0.2) is 29.1 Å². The Balaban J connectivity index is 2.57. The predicted molar refractivity (Wildman–Crippen MR) is 47.5 cm³/mol. The number of halogens is 2. The van der Waals surface area contributed by atoms with Gasteiger partial charge in [0.05, 0.1) is 11.2 Å². The van der Waals surface area contributed by atoms with Gasteiger partial charge in [0.25, 0.3) is 0 Å². The van der Waals surface area contributed by atoms with Crippen molar-refractivity contribution >= 4 is 11.3 Å². The van der Waals surface area contributed by atoms with Crippen LogP contribution in [0.4, 0.5) is 8.78 Å². The molecule has 0 aliphatic rings. The summed E-state index contributed by atoms with van der Waals surface area (Å²) in [6.07, 6.45) is 0. The molecule has 0 aliphatic heterocycles. The number of rotatable bonds is 1. The quantitative estimate of drug-likeness (QED) is 0.684. The maximum Gasteiger partial charge on any atom is 0.132 e. The first-order chi connectivity index (χ1) is 6.27. The molecular formula is C9H5F2NS. The maximum absolute atomic E-state index is 13.1. The fourth-order valence-electron chi connectivity index (χ4n) is 1.04. The molecule has 0 atom stereocenters. The van der Waals surface area contributed by atoms with Gasteiger partial charge in [0.15, 0.2) is 0 Å². The molecule has 0 spiro atoms. The summed E-state index contributed by atoms with van der Waals surface area (Å²) in [6.45, 7) is 0. The molecule has 4 heteroatoms. The van der Waals surface area contributed by atoms with Gasteiger partial charge in [-0.2, -0.15) is 0 Å². The van der Waals surface area contributed by atoms with Crippen LogP contribution in [0.25, 0.3) is 11.3 Å². The minimum Gasteiger partial charge on any atom is -0.245 e. The molecule has 1 aromatic heterocycles. The zero-order chi connectivity index (χ0) is 9.26. The standard InChI is InChI=1S/C9H5F2NS/c10-6-1-2-8(11)7(3-6)9-4-13-5-12-9/h1-5H. The average molecular weight is 197 g/mol. The molecule has 1 heterocycles. The highest BCUT2D eigenvalue weighted by molar-refractivity contribution is 7.07. The molecule has 0 amide bonds. The first-order valence-corrected chi connectivity index (χ1v) is 4.55. The number of hydrogen-bond acceptors (Lipinski definition) is 2. The molecule has 2 aromatic rings. The summed E-state index contributed by atoms with van der Waals surface area (Å²) in [5.74, 6) is -0.906. The lowest BCUT2D eigenvalue weighted by atomic mass is 10.1. The van der Waals surface area contributed by atoms with Gasteiger partial charge in [-0.15, -0.1) is 11.3 Å². The van der Waals surface area contributed by atoms with E-state index in [-0.39, 0.29) is 5.56 Å². The number of aromatic nitrogens is 1. The molecular weight excluding hydrogens is 192 g/mol. The Kier molecular flexibility index (Phi) is 2.06. The monoisotopic (exact) mass is 197 g/mol. The molecule has 1 aromatic carbocycles. The van der Waals surface area contributed by atoms with Gasteiger partial charge in [-0.05, 0) is 18.2 Å². The fourth-order valence-corrected chi connectivity index (χ4v) is 1.59. The van der Waals surface area contributed by atoms with Crippen molar-refractivity contribution in [3.63, 3.8) is 0 Å². The molecule has 0 saturated carbocycles. The first kappa shape index (κ1) is 8.31. The Morgan fingerprint density at radius 3 is 2.77 bits per heavy atom. The highest BCUT2D eigenvalue weighted by Crippen LogP contribution is 2.22. The van der Waals surface area contributed by atoms with Gasteiger partial charge >= 0.3 is 0 Å². The van der Waals surface area contributed by atoms with Crippen LogP contribution in [0, 0.1) is 11.6 Å². The predicted octanol–water partition coefficient (Wildman–Crippen LogP) is 3.09. The van der Waals surface area contributed by atoms with Gasteiger partial charge in [0.1, 0.15) is 11.6 Å². The van der Waals surface area contributed by atoms with E-state index in [4.69, 9.17) is 0 Å². The van der Waals surface area contributed by atoms with E-state index >= 15 is 0 Å². The molecule has 0 aliphatic carbocycles. The Bertz CT molecular complexity index is 412. The zero-order valence-corrected chi connectivity index (χ0v) is 7.31. The third-order valence-corrected chi connectivity index (χ3v) is 2.22. The van der Waals surface area contributed by atoms with Crippen molar-refractivity contribution < 1.29 is 8.78 Å². The summed E-state index contributed by atoms with van der Waals surface area (Å²) < 4.78 is 25.9. The molecule has 0 fully saturated rings. The van der Waals surface area contributed by atoms with E-state index < -0.39 is 11.6 Å². The maximum atomic E-state index is 13.1. The van der Waals surface area contributed by atoms with Crippen molar-refractivity contribution in [1.82, 2.24) is 4.98 Å². The average Bonchev–Trinajstić information content (AvgIpc) is 2.61. The molecule has 0 radical (unpaired) electrons. The summed E-state index contributed by atoms with van der Waals surface area (Å²) >= 11 is 1.35. The van der Waals surface area contributed by atoms with Gasteiger partial charge in [-0.1, -0.05) is 0 Å². The lowest BCUT2D eigenvalue weighted by Crippen LogP contribution is -1.85. The van der Waals surface area contributed by atoms with Crippen molar-refractivity contribution in [2.75, 3.05) is 0 Å². The Hall–Kier alpha value is -1.29. The van der Waals surface area contributed by atoms with Crippen molar-refractivity contribution in [1.29, 1.82) is 0 Å². The van der Waals surface area contributed by atoms with Crippen LogP contribution in [-0.4, -0.2) is 4.98 Å². The number of hydrogen-bond donors (Lipinski definition) is 0. The summed E-state index contributed by atoms with van der Waals surface area (Å²) in [5.41, 5.74) is 2.27. The molecule has 66 valence electrons. The van der Waals surface area contributed by atoms with E-state index in [1.165, 1.54) is 11.3 Å².